The maximum atomic E-state index is 13.4. The number of piperidine rings is 1. The number of carbonyl (C=O) groups is 1. The highest BCUT2D eigenvalue weighted by Crippen LogP contribution is 2.43. The smallest absolute Gasteiger partial charge is 0.238 e. The molecule has 0 N–H and O–H groups in total. The topological polar surface area (TPSA) is 32.8 Å². The highest BCUT2D eigenvalue weighted by Gasteiger charge is 2.46. The largest absolute Gasteiger partial charge is 0.365 e. The molecule has 2 aliphatic rings. The molecule has 4 nitrogen and oxygen atoms in total. The van der Waals surface area contributed by atoms with Crippen molar-refractivity contribution in [2.45, 2.75) is 57.4 Å². The first-order valence-corrected chi connectivity index (χ1v) is 12.4. The highest BCUT2D eigenvalue weighted by atomic mass is 16.5. The van der Waals surface area contributed by atoms with Crippen LogP contribution >= 0.6 is 0 Å². The lowest BCUT2D eigenvalue weighted by molar-refractivity contribution is -0.123. The van der Waals surface area contributed by atoms with Crippen LogP contribution < -0.4 is 4.90 Å². The molecule has 0 saturated carbocycles. The lowest BCUT2D eigenvalue weighted by Crippen LogP contribution is -2.53. The number of hydrogen-bond donors (Lipinski definition) is 0. The van der Waals surface area contributed by atoms with E-state index in [2.05, 4.69) is 72.5 Å². The average Bonchev–Trinajstić information content (AvgIpc) is 3.09. The van der Waals surface area contributed by atoms with E-state index in [9.17, 15) is 4.79 Å². The van der Waals surface area contributed by atoms with E-state index in [1.165, 1.54) is 11.1 Å². The third-order valence-electron chi connectivity index (χ3n) is 7.50. The minimum atomic E-state index is -0.481. The van der Waals surface area contributed by atoms with Gasteiger partial charge >= 0.3 is 0 Å². The van der Waals surface area contributed by atoms with Crippen LogP contribution in [0.3, 0.4) is 0 Å². The molecule has 2 aliphatic heterocycles. The Balaban J connectivity index is 1.28. The van der Waals surface area contributed by atoms with E-state index in [1.807, 2.05) is 43.0 Å². The maximum absolute atomic E-state index is 13.4. The van der Waals surface area contributed by atoms with Crippen molar-refractivity contribution < 1.29 is 9.53 Å². The van der Waals surface area contributed by atoms with Crippen molar-refractivity contribution in [3.05, 3.63) is 102 Å². The number of nitrogens with zero attached hydrogens (tertiary/aromatic N) is 2. The van der Waals surface area contributed by atoms with Gasteiger partial charge in [-0.25, -0.2) is 0 Å². The second-order valence-electron chi connectivity index (χ2n) is 10.0. The van der Waals surface area contributed by atoms with Crippen LogP contribution in [0.15, 0.2) is 84.9 Å². The van der Waals surface area contributed by atoms with Gasteiger partial charge in [-0.15, -0.1) is 0 Å². The van der Waals surface area contributed by atoms with Crippen LogP contribution in [0.2, 0.25) is 0 Å². The van der Waals surface area contributed by atoms with Gasteiger partial charge in [0, 0.05) is 18.8 Å². The standard InChI is InChI=1S/C30H34N2O2/c1-22(32-27-17-11-10-16-26(27)30(2,3)29(32)33)31-20-18-25(19-21-31)34-28(23-12-6-4-7-13-23)24-14-8-5-9-15-24/h4-17,22,25,28H,18-21H2,1-3H3. The van der Waals surface area contributed by atoms with Crippen molar-refractivity contribution in [2.24, 2.45) is 0 Å². The molecule has 0 spiro atoms. The molecule has 0 bridgehead atoms. The summed E-state index contributed by atoms with van der Waals surface area (Å²) < 4.78 is 6.72. The van der Waals surface area contributed by atoms with Gasteiger partial charge < -0.3 is 4.74 Å². The van der Waals surface area contributed by atoms with Crippen molar-refractivity contribution in [3.63, 3.8) is 0 Å². The zero-order chi connectivity index (χ0) is 23.7. The molecule has 2 heterocycles. The number of anilines is 1. The Kier molecular flexibility index (Phi) is 6.28. The van der Waals surface area contributed by atoms with Gasteiger partial charge in [-0.3, -0.25) is 14.6 Å². The molecule has 1 atom stereocenters. The van der Waals surface area contributed by atoms with Crippen LogP contribution in [-0.4, -0.2) is 36.2 Å². The van der Waals surface area contributed by atoms with Gasteiger partial charge in [-0.1, -0.05) is 78.9 Å². The fourth-order valence-electron chi connectivity index (χ4n) is 5.46. The Bertz CT molecular complexity index is 1080. The molecular weight excluding hydrogens is 420 g/mol. The predicted octanol–water partition coefficient (Wildman–Crippen LogP) is 5.93. The molecule has 4 heteroatoms. The summed E-state index contributed by atoms with van der Waals surface area (Å²) in [5, 5.41) is 0. The Hall–Kier alpha value is -2.95. The Morgan fingerprint density at radius 1 is 0.824 bits per heavy atom. The minimum Gasteiger partial charge on any atom is -0.365 e. The zero-order valence-electron chi connectivity index (χ0n) is 20.4. The minimum absolute atomic E-state index is 0.0235. The maximum Gasteiger partial charge on any atom is 0.238 e. The molecule has 34 heavy (non-hydrogen) atoms. The van der Waals surface area contributed by atoms with Gasteiger partial charge in [0.1, 0.15) is 6.10 Å². The molecule has 3 aromatic rings. The van der Waals surface area contributed by atoms with Crippen LogP contribution in [0.25, 0.3) is 0 Å². The van der Waals surface area contributed by atoms with E-state index >= 15 is 0 Å². The molecule has 0 aromatic heterocycles. The van der Waals surface area contributed by atoms with Crippen molar-refractivity contribution in [2.75, 3.05) is 18.0 Å². The second kappa shape index (κ2) is 9.36. The van der Waals surface area contributed by atoms with Gasteiger partial charge in [0.2, 0.25) is 5.91 Å². The number of carbonyl (C=O) groups excluding carboxylic acids is 1. The van der Waals surface area contributed by atoms with E-state index in [0.29, 0.717) is 0 Å². The van der Waals surface area contributed by atoms with Crippen LogP contribution in [-0.2, 0) is 14.9 Å². The summed E-state index contributed by atoms with van der Waals surface area (Å²) in [5.41, 5.74) is 4.07. The number of amides is 1. The molecule has 176 valence electrons. The summed E-state index contributed by atoms with van der Waals surface area (Å²) in [5.74, 6) is 0.188. The third-order valence-corrected chi connectivity index (χ3v) is 7.50. The summed E-state index contributed by atoms with van der Waals surface area (Å²) in [6.07, 6.45) is 2.05. The van der Waals surface area contributed by atoms with Crippen molar-refractivity contribution >= 4 is 11.6 Å². The fourth-order valence-corrected chi connectivity index (χ4v) is 5.46. The number of hydrogen-bond acceptors (Lipinski definition) is 3. The third kappa shape index (κ3) is 4.17. The molecule has 1 saturated heterocycles. The number of rotatable bonds is 6. The van der Waals surface area contributed by atoms with Gasteiger partial charge in [0.05, 0.1) is 17.7 Å². The summed E-state index contributed by atoms with van der Waals surface area (Å²) in [4.78, 5) is 17.8. The number of benzene rings is 3. The van der Waals surface area contributed by atoms with E-state index in [1.54, 1.807) is 0 Å². The van der Waals surface area contributed by atoms with Crippen LogP contribution in [0.4, 0.5) is 5.69 Å². The number of likely N-dealkylation sites (tertiary alicyclic amines) is 1. The summed E-state index contributed by atoms with van der Waals surface area (Å²) >= 11 is 0. The predicted molar refractivity (Wildman–Crippen MR) is 137 cm³/mol. The van der Waals surface area contributed by atoms with Gasteiger partial charge in [-0.05, 0) is 56.4 Å². The summed E-state index contributed by atoms with van der Waals surface area (Å²) in [7, 11) is 0. The molecule has 0 aliphatic carbocycles. The molecule has 1 fully saturated rings. The van der Waals surface area contributed by atoms with Gasteiger partial charge in [-0.2, -0.15) is 0 Å². The van der Waals surface area contributed by atoms with Crippen LogP contribution in [0, 0.1) is 0 Å². The number of para-hydroxylation sites is 1. The van der Waals surface area contributed by atoms with Crippen molar-refractivity contribution in [3.8, 4) is 0 Å². The SMILES string of the molecule is CC(N1CCC(OC(c2ccccc2)c2ccccc2)CC1)N1C(=O)C(C)(C)c2ccccc21. The molecule has 5 rings (SSSR count). The molecular formula is C30H34N2O2. The van der Waals surface area contributed by atoms with Crippen LogP contribution in [0.1, 0.15) is 56.4 Å². The van der Waals surface area contributed by atoms with Crippen molar-refractivity contribution in [1.82, 2.24) is 4.90 Å². The second-order valence-corrected chi connectivity index (χ2v) is 10.0. The molecule has 0 radical (unpaired) electrons. The van der Waals surface area contributed by atoms with Crippen molar-refractivity contribution in [1.29, 1.82) is 0 Å². The Morgan fingerprint density at radius 3 is 1.94 bits per heavy atom. The zero-order valence-corrected chi connectivity index (χ0v) is 20.4. The fraction of sp³-hybridized carbons (Fsp3) is 0.367. The van der Waals surface area contributed by atoms with Gasteiger partial charge in [0.15, 0.2) is 0 Å². The van der Waals surface area contributed by atoms with Crippen LogP contribution in [0.5, 0.6) is 0 Å². The summed E-state index contributed by atoms with van der Waals surface area (Å²) in [6.45, 7) is 8.06. The highest BCUT2D eigenvalue weighted by molar-refractivity contribution is 6.07. The molecule has 1 unspecified atom stereocenters. The molecule has 3 aromatic carbocycles. The monoisotopic (exact) mass is 454 g/mol. The molecule has 1 amide bonds. The first-order valence-electron chi connectivity index (χ1n) is 12.4. The van der Waals surface area contributed by atoms with E-state index in [-0.39, 0.29) is 24.3 Å². The normalized spacial score (nSPS) is 19.4. The average molecular weight is 455 g/mol. The lowest BCUT2D eigenvalue weighted by atomic mass is 9.86. The van der Waals surface area contributed by atoms with E-state index < -0.39 is 5.41 Å². The summed E-state index contributed by atoms with van der Waals surface area (Å²) in [6, 6.07) is 29.2. The quantitative estimate of drug-likeness (QED) is 0.463. The number of fused-ring (bicyclic) bond motifs is 1. The van der Waals surface area contributed by atoms with E-state index in [0.717, 1.165) is 37.2 Å². The lowest BCUT2D eigenvalue weighted by Gasteiger charge is -2.41. The Morgan fingerprint density at radius 2 is 1.35 bits per heavy atom. The first-order chi connectivity index (χ1) is 16.5. The van der Waals surface area contributed by atoms with Gasteiger partial charge in [0.25, 0.3) is 0 Å². The Labute approximate surface area is 203 Å². The number of ether oxygens (including phenoxy) is 1. The first kappa shape index (κ1) is 22.8. The van der Waals surface area contributed by atoms with E-state index in [4.69, 9.17) is 4.74 Å².